The van der Waals surface area contributed by atoms with Crippen LogP contribution in [-0.4, -0.2) is 29.1 Å². The molecule has 2 fully saturated rings. The molecule has 1 aliphatic heterocycles. The van der Waals surface area contributed by atoms with Crippen LogP contribution in [0.1, 0.15) is 58.2 Å². The molecule has 4 heteroatoms. The van der Waals surface area contributed by atoms with E-state index in [9.17, 15) is 4.79 Å². The molecule has 2 heterocycles. The number of hydrogen-bond donors (Lipinski definition) is 1. The molecule has 1 aliphatic carbocycles. The van der Waals surface area contributed by atoms with E-state index < -0.39 is 0 Å². The van der Waals surface area contributed by atoms with Crippen molar-refractivity contribution in [2.24, 2.45) is 10.8 Å². The van der Waals surface area contributed by atoms with Gasteiger partial charge in [-0.2, -0.15) is 0 Å². The molecule has 1 aromatic carbocycles. The van der Waals surface area contributed by atoms with E-state index in [-0.39, 0.29) is 5.43 Å². The van der Waals surface area contributed by atoms with Crippen LogP contribution in [0.15, 0.2) is 23.0 Å². The Morgan fingerprint density at radius 1 is 1.26 bits per heavy atom. The zero-order valence-corrected chi connectivity index (χ0v) is 17.3. The summed E-state index contributed by atoms with van der Waals surface area (Å²) in [4.78, 5) is 19.3. The average Bonchev–Trinajstić information content (AvgIpc) is 2.80. The number of nitrogens with one attached hydrogen (secondary N) is 1. The van der Waals surface area contributed by atoms with Gasteiger partial charge < -0.3 is 9.72 Å². The molecule has 0 radical (unpaired) electrons. The number of aryl methyl sites for hydroxylation is 1. The first-order chi connectivity index (χ1) is 12.7. The first-order valence-electron chi connectivity index (χ1n) is 10.2. The molecule has 2 aliphatic rings. The van der Waals surface area contributed by atoms with Crippen LogP contribution in [0.3, 0.4) is 0 Å². The number of hydrogen-bond acceptors (Lipinski definition) is 3. The van der Waals surface area contributed by atoms with Crippen molar-refractivity contribution in [3.8, 4) is 5.75 Å². The molecule has 1 aromatic heterocycles. The fourth-order valence-corrected chi connectivity index (χ4v) is 5.84. The van der Waals surface area contributed by atoms with Crippen molar-refractivity contribution in [1.82, 2.24) is 9.88 Å². The summed E-state index contributed by atoms with van der Waals surface area (Å²) in [5, 5.41) is 0.732. The maximum Gasteiger partial charge on any atom is 0.194 e. The minimum atomic E-state index is 0.147. The van der Waals surface area contributed by atoms with E-state index in [0.29, 0.717) is 23.5 Å². The first kappa shape index (κ1) is 18.5. The number of rotatable bonds is 4. The Morgan fingerprint density at radius 3 is 2.78 bits per heavy atom. The molecule has 0 unspecified atom stereocenters. The van der Waals surface area contributed by atoms with Gasteiger partial charge in [-0.05, 0) is 62.1 Å². The maximum absolute atomic E-state index is 13.3. The third kappa shape index (κ3) is 3.40. The normalized spacial score (nSPS) is 27.2. The standard InChI is InChI=1S/C23H32N2O2/c1-6-27-17-7-8-20-18(9-17)21(26)19(15(2)24-20)12-25-14-23(5)11-16(25)10-22(3,4)13-23/h7-9,16H,6,10-14H2,1-5H3,(H,24,26)/t16-,23+/m1/s1. The number of ether oxygens (including phenoxy) is 1. The summed E-state index contributed by atoms with van der Waals surface area (Å²) in [5.74, 6) is 0.761. The van der Waals surface area contributed by atoms with E-state index in [1.54, 1.807) is 0 Å². The number of fused-ring (bicyclic) bond motifs is 3. The molecule has 0 amide bonds. The molecule has 4 nitrogen and oxygen atoms in total. The van der Waals surface area contributed by atoms with Crippen LogP contribution in [0.25, 0.3) is 10.9 Å². The lowest BCUT2D eigenvalue weighted by atomic mass is 9.65. The summed E-state index contributed by atoms with van der Waals surface area (Å²) < 4.78 is 5.60. The second kappa shape index (κ2) is 6.37. The Hall–Kier alpha value is -1.81. The third-order valence-electron chi connectivity index (χ3n) is 6.48. The lowest BCUT2D eigenvalue weighted by Crippen LogP contribution is -2.35. The average molecular weight is 369 g/mol. The molecule has 27 heavy (non-hydrogen) atoms. The van der Waals surface area contributed by atoms with Crippen molar-refractivity contribution < 1.29 is 4.74 Å². The quantitative estimate of drug-likeness (QED) is 0.855. The van der Waals surface area contributed by atoms with Gasteiger partial charge in [-0.1, -0.05) is 20.8 Å². The van der Waals surface area contributed by atoms with Crippen molar-refractivity contribution in [2.75, 3.05) is 13.2 Å². The van der Waals surface area contributed by atoms with Gasteiger partial charge in [0.15, 0.2) is 5.43 Å². The van der Waals surface area contributed by atoms with Gasteiger partial charge in [0, 0.05) is 41.3 Å². The summed E-state index contributed by atoms with van der Waals surface area (Å²) >= 11 is 0. The van der Waals surface area contributed by atoms with Crippen molar-refractivity contribution in [3.63, 3.8) is 0 Å². The number of aromatic amines is 1. The van der Waals surface area contributed by atoms with E-state index in [4.69, 9.17) is 4.74 Å². The Labute approximate surface area is 161 Å². The van der Waals surface area contributed by atoms with Crippen LogP contribution >= 0.6 is 0 Å². The fourth-order valence-electron chi connectivity index (χ4n) is 5.84. The molecule has 0 spiro atoms. The molecule has 146 valence electrons. The summed E-state index contributed by atoms with van der Waals surface area (Å²) in [6, 6.07) is 6.34. The van der Waals surface area contributed by atoms with Crippen LogP contribution in [0.5, 0.6) is 5.75 Å². The van der Waals surface area contributed by atoms with Crippen molar-refractivity contribution >= 4 is 10.9 Å². The number of H-pyrrole nitrogens is 1. The second-order valence-electron chi connectivity index (χ2n) is 9.82. The number of aromatic nitrogens is 1. The molecule has 1 saturated heterocycles. The summed E-state index contributed by atoms with van der Waals surface area (Å²) in [5.41, 5.74) is 3.70. The third-order valence-corrected chi connectivity index (χ3v) is 6.48. The summed E-state index contributed by atoms with van der Waals surface area (Å²) in [6.07, 6.45) is 3.76. The number of benzene rings is 1. The molecule has 1 N–H and O–H groups in total. The summed E-state index contributed by atoms with van der Waals surface area (Å²) in [6.45, 7) is 13.6. The SMILES string of the molecule is CCOc1ccc2[nH]c(C)c(CN3C[C@@]4(C)C[C@H]3CC(C)(C)C4)c(=O)c2c1. The van der Waals surface area contributed by atoms with Gasteiger partial charge in [0.2, 0.25) is 0 Å². The minimum absolute atomic E-state index is 0.147. The zero-order chi connectivity index (χ0) is 19.4. The van der Waals surface area contributed by atoms with E-state index in [0.717, 1.165) is 41.0 Å². The molecule has 2 bridgehead atoms. The fraction of sp³-hybridized carbons (Fsp3) is 0.609. The maximum atomic E-state index is 13.3. The van der Waals surface area contributed by atoms with Gasteiger partial charge in [0.1, 0.15) is 5.75 Å². The highest BCUT2D eigenvalue weighted by Gasteiger charge is 2.49. The molecular formula is C23H32N2O2. The Balaban J connectivity index is 1.69. The van der Waals surface area contributed by atoms with E-state index >= 15 is 0 Å². The van der Waals surface area contributed by atoms with Gasteiger partial charge >= 0.3 is 0 Å². The minimum Gasteiger partial charge on any atom is -0.494 e. The molecule has 4 rings (SSSR count). The topological polar surface area (TPSA) is 45.3 Å². The highest BCUT2D eigenvalue weighted by atomic mass is 16.5. The number of pyridine rings is 1. The first-order valence-corrected chi connectivity index (χ1v) is 10.2. The highest BCUT2D eigenvalue weighted by Crippen LogP contribution is 2.52. The number of likely N-dealkylation sites (tertiary alicyclic amines) is 1. The van der Waals surface area contributed by atoms with Crippen LogP contribution in [0.4, 0.5) is 0 Å². The van der Waals surface area contributed by atoms with E-state index in [1.807, 2.05) is 32.0 Å². The Kier molecular flexibility index (Phi) is 4.38. The predicted molar refractivity (Wildman–Crippen MR) is 110 cm³/mol. The predicted octanol–water partition coefficient (Wildman–Crippen LogP) is 4.64. The van der Waals surface area contributed by atoms with Crippen LogP contribution in [-0.2, 0) is 6.54 Å². The monoisotopic (exact) mass is 368 g/mol. The number of nitrogens with zero attached hydrogens (tertiary/aromatic N) is 1. The Bertz CT molecular complexity index is 930. The van der Waals surface area contributed by atoms with Gasteiger partial charge in [-0.15, -0.1) is 0 Å². The van der Waals surface area contributed by atoms with Crippen molar-refractivity contribution in [3.05, 3.63) is 39.7 Å². The van der Waals surface area contributed by atoms with Gasteiger partial charge in [-0.25, -0.2) is 0 Å². The largest absolute Gasteiger partial charge is 0.494 e. The lowest BCUT2D eigenvalue weighted by Gasteiger charge is -2.40. The zero-order valence-electron chi connectivity index (χ0n) is 17.3. The summed E-state index contributed by atoms with van der Waals surface area (Å²) in [7, 11) is 0. The Morgan fingerprint density at radius 2 is 2.04 bits per heavy atom. The molecular weight excluding hydrogens is 336 g/mol. The second-order valence-corrected chi connectivity index (χ2v) is 9.82. The van der Waals surface area contributed by atoms with Crippen LogP contribution in [0.2, 0.25) is 0 Å². The van der Waals surface area contributed by atoms with Gasteiger partial charge in [-0.3, -0.25) is 9.69 Å². The van der Waals surface area contributed by atoms with E-state index in [1.165, 1.54) is 19.3 Å². The molecule has 2 aromatic rings. The highest BCUT2D eigenvalue weighted by molar-refractivity contribution is 5.81. The van der Waals surface area contributed by atoms with E-state index in [2.05, 4.69) is 30.7 Å². The van der Waals surface area contributed by atoms with Gasteiger partial charge in [0.05, 0.1) is 6.61 Å². The van der Waals surface area contributed by atoms with Crippen molar-refractivity contribution in [2.45, 2.75) is 66.5 Å². The van der Waals surface area contributed by atoms with Crippen LogP contribution < -0.4 is 10.2 Å². The van der Waals surface area contributed by atoms with Gasteiger partial charge in [0.25, 0.3) is 0 Å². The lowest BCUT2D eigenvalue weighted by molar-refractivity contribution is 0.126. The molecule has 2 atom stereocenters. The van der Waals surface area contributed by atoms with Crippen molar-refractivity contribution in [1.29, 1.82) is 0 Å². The molecule has 1 saturated carbocycles. The smallest absolute Gasteiger partial charge is 0.194 e. The van der Waals surface area contributed by atoms with Crippen LogP contribution in [0, 0.1) is 17.8 Å².